The minimum absolute atomic E-state index is 0.0318. The predicted octanol–water partition coefficient (Wildman–Crippen LogP) is 5.05. The maximum atomic E-state index is 14.0. The Kier molecular flexibility index (Phi) is 5.19. The summed E-state index contributed by atoms with van der Waals surface area (Å²) in [7, 11) is 1.88. The highest BCUT2D eigenvalue weighted by atomic mass is 79.9. The number of halogens is 3. The second-order valence-corrected chi connectivity index (χ2v) is 6.13. The predicted molar refractivity (Wildman–Crippen MR) is 85.8 cm³/mol. The third-order valence-electron chi connectivity index (χ3n) is 3.40. The molecule has 0 saturated heterocycles. The molecule has 0 aliphatic rings. The SMILES string of the molecule is CNC(Cc1ccc(Br)cc1F)c1cc(Cl)ccc1C. The smallest absolute Gasteiger partial charge is 0.127 e. The maximum absolute atomic E-state index is 14.0. The van der Waals surface area contributed by atoms with Crippen molar-refractivity contribution < 1.29 is 4.39 Å². The molecule has 1 N–H and O–H groups in total. The van der Waals surface area contributed by atoms with Crippen LogP contribution in [0.1, 0.15) is 22.7 Å². The first kappa shape index (κ1) is 15.5. The average molecular weight is 357 g/mol. The van der Waals surface area contributed by atoms with Gasteiger partial charge in [0.2, 0.25) is 0 Å². The summed E-state index contributed by atoms with van der Waals surface area (Å²) >= 11 is 9.34. The van der Waals surface area contributed by atoms with E-state index in [2.05, 4.69) is 21.2 Å². The van der Waals surface area contributed by atoms with Gasteiger partial charge >= 0.3 is 0 Å². The maximum Gasteiger partial charge on any atom is 0.127 e. The molecule has 0 aliphatic carbocycles. The lowest BCUT2D eigenvalue weighted by Gasteiger charge is -2.19. The van der Waals surface area contributed by atoms with Crippen LogP contribution >= 0.6 is 27.5 Å². The summed E-state index contributed by atoms with van der Waals surface area (Å²) in [6.07, 6.45) is 0.580. The van der Waals surface area contributed by atoms with Crippen LogP contribution in [0.25, 0.3) is 0 Å². The van der Waals surface area contributed by atoms with Crippen molar-refractivity contribution in [1.29, 1.82) is 0 Å². The summed E-state index contributed by atoms with van der Waals surface area (Å²) in [5.74, 6) is -0.195. The van der Waals surface area contributed by atoms with Crippen LogP contribution in [0, 0.1) is 12.7 Å². The summed E-state index contributed by atoms with van der Waals surface area (Å²) in [5, 5.41) is 3.94. The van der Waals surface area contributed by atoms with Crippen LogP contribution in [0.4, 0.5) is 4.39 Å². The summed E-state index contributed by atoms with van der Waals surface area (Å²) in [4.78, 5) is 0. The van der Waals surface area contributed by atoms with Crippen LogP contribution in [-0.4, -0.2) is 7.05 Å². The van der Waals surface area contributed by atoms with Crippen molar-refractivity contribution in [3.8, 4) is 0 Å². The van der Waals surface area contributed by atoms with Gasteiger partial charge in [0, 0.05) is 15.5 Å². The molecule has 106 valence electrons. The Morgan fingerprint density at radius 1 is 1.25 bits per heavy atom. The fourth-order valence-corrected chi connectivity index (χ4v) is 2.78. The number of nitrogens with one attached hydrogen (secondary N) is 1. The van der Waals surface area contributed by atoms with Crippen molar-refractivity contribution in [2.75, 3.05) is 7.05 Å². The molecule has 2 aromatic rings. The third kappa shape index (κ3) is 3.60. The molecule has 0 saturated carbocycles. The summed E-state index contributed by atoms with van der Waals surface area (Å²) in [6.45, 7) is 2.04. The molecule has 2 rings (SSSR count). The fourth-order valence-electron chi connectivity index (χ4n) is 2.26. The minimum atomic E-state index is -0.195. The van der Waals surface area contributed by atoms with Gasteiger partial charge in [-0.1, -0.05) is 39.7 Å². The minimum Gasteiger partial charge on any atom is -0.313 e. The largest absolute Gasteiger partial charge is 0.313 e. The molecule has 0 aromatic heterocycles. The number of rotatable bonds is 4. The first-order valence-electron chi connectivity index (χ1n) is 6.38. The number of hydrogen-bond donors (Lipinski definition) is 1. The van der Waals surface area contributed by atoms with Gasteiger partial charge in [-0.25, -0.2) is 4.39 Å². The van der Waals surface area contributed by atoms with Crippen LogP contribution in [0.3, 0.4) is 0 Å². The van der Waals surface area contributed by atoms with E-state index in [4.69, 9.17) is 11.6 Å². The Bertz CT molecular complexity index is 615. The van der Waals surface area contributed by atoms with Gasteiger partial charge in [0.05, 0.1) is 0 Å². The van der Waals surface area contributed by atoms with Gasteiger partial charge in [0.1, 0.15) is 5.82 Å². The first-order chi connectivity index (χ1) is 9.51. The van der Waals surface area contributed by atoms with Gasteiger partial charge in [-0.15, -0.1) is 0 Å². The van der Waals surface area contributed by atoms with Gasteiger partial charge in [0.15, 0.2) is 0 Å². The Hall–Kier alpha value is -0.900. The van der Waals surface area contributed by atoms with Gasteiger partial charge in [-0.2, -0.15) is 0 Å². The van der Waals surface area contributed by atoms with Gasteiger partial charge in [-0.05, 0) is 61.3 Å². The molecular formula is C16H16BrClFN. The van der Waals surface area contributed by atoms with Crippen molar-refractivity contribution in [1.82, 2.24) is 5.32 Å². The zero-order valence-corrected chi connectivity index (χ0v) is 13.7. The van der Waals surface area contributed by atoms with E-state index in [-0.39, 0.29) is 11.9 Å². The molecule has 1 nitrogen and oxygen atoms in total. The Morgan fingerprint density at radius 3 is 2.65 bits per heavy atom. The molecule has 0 heterocycles. The molecule has 2 aromatic carbocycles. The van der Waals surface area contributed by atoms with Gasteiger partial charge < -0.3 is 5.32 Å². The first-order valence-corrected chi connectivity index (χ1v) is 7.55. The molecule has 0 fully saturated rings. The fraction of sp³-hybridized carbons (Fsp3) is 0.250. The van der Waals surface area contributed by atoms with Gasteiger partial charge in [-0.3, -0.25) is 0 Å². The van der Waals surface area contributed by atoms with Gasteiger partial charge in [0.25, 0.3) is 0 Å². The molecule has 0 spiro atoms. The van der Waals surface area contributed by atoms with E-state index in [9.17, 15) is 4.39 Å². The lowest BCUT2D eigenvalue weighted by Crippen LogP contribution is -2.20. The third-order valence-corrected chi connectivity index (χ3v) is 4.13. The summed E-state index contributed by atoms with van der Waals surface area (Å²) in [6, 6.07) is 11.0. The van der Waals surface area contributed by atoms with E-state index in [1.54, 1.807) is 0 Å². The van der Waals surface area contributed by atoms with E-state index in [0.717, 1.165) is 15.6 Å². The zero-order chi connectivity index (χ0) is 14.7. The number of hydrogen-bond acceptors (Lipinski definition) is 1. The van der Waals surface area contributed by atoms with Crippen molar-refractivity contribution in [3.63, 3.8) is 0 Å². The number of benzene rings is 2. The van der Waals surface area contributed by atoms with Crippen molar-refractivity contribution >= 4 is 27.5 Å². The number of likely N-dealkylation sites (N-methyl/N-ethyl adjacent to an activating group) is 1. The lowest BCUT2D eigenvalue weighted by atomic mass is 9.95. The molecule has 20 heavy (non-hydrogen) atoms. The normalized spacial score (nSPS) is 12.4. The molecule has 1 unspecified atom stereocenters. The molecule has 0 radical (unpaired) electrons. The Labute approximate surface area is 132 Å². The Balaban J connectivity index is 2.31. The topological polar surface area (TPSA) is 12.0 Å². The van der Waals surface area contributed by atoms with E-state index < -0.39 is 0 Å². The molecule has 0 amide bonds. The highest BCUT2D eigenvalue weighted by molar-refractivity contribution is 9.10. The van der Waals surface area contributed by atoms with Crippen LogP contribution in [-0.2, 0) is 6.42 Å². The van der Waals surface area contributed by atoms with E-state index >= 15 is 0 Å². The Morgan fingerprint density at radius 2 is 2.00 bits per heavy atom. The van der Waals surface area contributed by atoms with E-state index in [1.165, 1.54) is 6.07 Å². The highest BCUT2D eigenvalue weighted by Gasteiger charge is 2.15. The summed E-state index contributed by atoms with van der Waals surface area (Å²) < 4.78 is 14.7. The van der Waals surface area contributed by atoms with Crippen LogP contribution in [0.15, 0.2) is 40.9 Å². The second-order valence-electron chi connectivity index (χ2n) is 4.78. The van der Waals surface area contributed by atoms with Crippen LogP contribution in [0.5, 0.6) is 0 Å². The lowest BCUT2D eigenvalue weighted by molar-refractivity contribution is 0.552. The monoisotopic (exact) mass is 355 g/mol. The number of aryl methyl sites for hydroxylation is 1. The quantitative estimate of drug-likeness (QED) is 0.808. The van der Waals surface area contributed by atoms with Crippen LogP contribution in [0.2, 0.25) is 5.02 Å². The molecule has 4 heteroatoms. The molecular weight excluding hydrogens is 341 g/mol. The highest BCUT2D eigenvalue weighted by Crippen LogP contribution is 2.26. The van der Waals surface area contributed by atoms with Crippen molar-refractivity contribution in [2.45, 2.75) is 19.4 Å². The molecule has 0 aliphatic heterocycles. The standard InChI is InChI=1S/C16H16BrClFN/c1-10-3-6-13(18)9-14(10)16(20-2)7-11-4-5-12(17)8-15(11)19/h3-6,8-9,16,20H,7H2,1-2H3. The zero-order valence-electron chi connectivity index (χ0n) is 11.4. The summed E-state index contributed by atoms with van der Waals surface area (Å²) in [5.41, 5.74) is 2.93. The van der Waals surface area contributed by atoms with E-state index in [1.807, 2.05) is 44.3 Å². The van der Waals surface area contributed by atoms with Crippen molar-refractivity contribution in [2.24, 2.45) is 0 Å². The van der Waals surface area contributed by atoms with Crippen LogP contribution < -0.4 is 5.32 Å². The molecule has 0 bridgehead atoms. The van der Waals surface area contributed by atoms with E-state index in [0.29, 0.717) is 17.0 Å². The van der Waals surface area contributed by atoms with Crippen molar-refractivity contribution in [3.05, 3.63) is 68.4 Å². The average Bonchev–Trinajstić information content (AvgIpc) is 2.41. The molecule has 1 atom stereocenters. The second kappa shape index (κ2) is 6.70.